The zero-order valence-electron chi connectivity index (χ0n) is 19.9. The van der Waals surface area contributed by atoms with Crippen molar-refractivity contribution in [3.63, 3.8) is 0 Å². The minimum Gasteiger partial charge on any atom is -0.369 e. The lowest BCUT2D eigenvalue weighted by molar-refractivity contribution is 0.102. The number of carbonyl (C=O) groups excluding carboxylic acids is 2. The Balaban J connectivity index is 1.17. The van der Waals surface area contributed by atoms with Crippen LogP contribution in [0.5, 0.6) is 0 Å². The number of nitrogens with zero attached hydrogens (tertiary/aromatic N) is 2. The van der Waals surface area contributed by atoms with Gasteiger partial charge in [-0.2, -0.15) is 0 Å². The summed E-state index contributed by atoms with van der Waals surface area (Å²) >= 11 is 1.36. The van der Waals surface area contributed by atoms with Crippen LogP contribution >= 0.6 is 11.3 Å². The third kappa shape index (κ3) is 5.82. The standard InChI is InChI=1S/C29H28N4O2S/c34-28(25-9-4-5-10-26(25)31-29(35)27-11-6-20-36-27)30-23-12-14-24(15-13-23)33-18-16-32(17-19-33)21-22-7-2-1-3-8-22/h1-15,20H,16-19,21H2,(H,30,34)(H,31,35). The average Bonchev–Trinajstić information content (AvgIpc) is 3.46. The Bertz CT molecular complexity index is 1300. The topological polar surface area (TPSA) is 64.7 Å². The van der Waals surface area contributed by atoms with Gasteiger partial charge in [0.25, 0.3) is 11.8 Å². The minimum atomic E-state index is -0.264. The monoisotopic (exact) mass is 496 g/mol. The van der Waals surface area contributed by atoms with Crippen molar-refractivity contribution in [3.05, 3.63) is 112 Å². The van der Waals surface area contributed by atoms with Crippen LogP contribution in [0.1, 0.15) is 25.6 Å². The summed E-state index contributed by atoms with van der Waals surface area (Å²) in [4.78, 5) is 30.9. The summed E-state index contributed by atoms with van der Waals surface area (Å²) in [6.45, 7) is 4.95. The van der Waals surface area contributed by atoms with Crippen LogP contribution in [-0.2, 0) is 6.54 Å². The Kier molecular flexibility index (Phi) is 7.40. The second-order valence-corrected chi connectivity index (χ2v) is 9.67. The first-order valence-electron chi connectivity index (χ1n) is 12.0. The molecule has 182 valence electrons. The number of thiophene rings is 1. The molecule has 0 radical (unpaired) electrons. The van der Waals surface area contributed by atoms with E-state index in [0.717, 1.165) is 38.4 Å². The van der Waals surface area contributed by atoms with Crippen molar-refractivity contribution in [1.82, 2.24) is 4.90 Å². The van der Waals surface area contributed by atoms with Crippen molar-refractivity contribution in [2.24, 2.45) is 0 Å². The van der Waals surface area contributed by atoms with Gasteiger partial charge in [0, 0.05) is 44.1 Å². The normalized spacial score (nSPS) is 13.8. The number of rotatable bonds is 7. The summed E-state index contributed by atoms with van der Waals surface area (Å²) < 4.78 is 0. The van der Waals surface area contributed by atoms with E-state index >= 15 is 0 Å². The van der Waals surface area contributed by atoms with Crippen molar-refractivity contribution >= 4 is 40.2 Å². The van der Waals surface area contributed by atoms with Crippen molar-refractivity contribution < 1.29 is 9.59 Å². The van der Waals surface area contributed by atoms with Gasteiger partial charge in [-0.05, 0) is 53.4 Å². The van der Waals surface area contributed by atoms with E-state index in [1.165, 1.54) is 16.9 Å². The summed E-state index contributed by atoms with van der Waals surface area (Å²) in [5, 5.41) is 7.66. The molecule has 6 nitrogen and oxygen atoms in total. The highest BCUT2D eigenvalue weighted by molar-refractivity contribution is 7.12. The molecule has 0 bridgehead atoms. The van der Waals surface area contributed by atoms with E-state index in [-0.39, 0.29) is 11.8 Å². The number of para-hydroxylation sites is 1. The highest BCUT2D eigenvalue weighted by Gasteiger charge is 2.18. The minimum absolute atomic E-state index is 0.224. The smallest absolute Gasteiger partial charge is 0.265 e. The summed E-state index contributed by atoms with van der Waals surface area (Å²) in [5.74, 6) is -0.488. The van der Waals surface area contributed by atoms with Crippen LogP contribution in [-0.4, -0.2) is 42.9 Å². The third-order valence-corrected chi connectivity index (χ3v) is 7.15. The number of anilines is 3. The van der Waals surface area contributed by atoms with Gasteiger partial charge < -0.3 is 15.5 Å². The number of piperazine rings is 1. The van der Waals surface area contributed by atoms with Crippen LogP contribution in [0, 0.1) is 0 Å². The van der Waals surface area contributed by atoms with Gasteiger partial charge in [0.2, 0.25) is 0 Å². The number of nitrogens with one attached hydrogen (secondary N) is 2. The largest absolute Gasteiger partial charge is 0.369 e. The molecule has 0 unspecified atom stereocenters. The molecular formula is C29H28N4O2S. The van der Waals surface area contributed by atoms with Crippen LogP contribution in [0.2, 0.25) is 0 Å². The molecule has 5 rings (SSSR count). The Morgan fingerprint density at radius 2 is 1.44 bits per heavy atom. The second-order valence-electron chi connectivity index (χ2n) is 8.73. The molecule has 0 saturated carbocycles. The Hall–Kier alpha value is -3.94. The Morgan fingerprint density at radius 1 is 0.722 bits per heavy atom. The summed E-state index contributed by atoms with van der Waals surface area (Å²) in [5.41, 5.74) is 4.11. The summed E-state index contributed by atoms with van der Waals surface area (Å²) in [6.07, 6.45) is 0. The number of hydrogen-bond acceptors (Lipinski definition) is 5. The molecule has 1 fully saturated rings. The van der Waals surface area contributed by atoms with Crippen molar-refractivity contribution in [2.75, 3.05) is 41.7 Å². The van der Waals surface area contributed by atoms with Crippen molar-refractivity contribution in [3.8, 4) is 0 Å². The predicted octanol–water partition coefficient (Wildman–Crippen LogP) is 5.57. The van der Waals surface area contributed by atoms with E-state index in [9.17, 15) is 9.59 Å². The van der Waals surface area contributed by atoms with E-state index in [0.29, 0.717) is 21.8 Å². The molecule has 3 aromatic carbocycles. The van der Waals surface area contributed by atoms with Gasteiger partial charge >= 0.3 is 0 Å². The van der Waals surface area contributed by atoms with Crippen LogP contribution in [0.15, 0.2) is 96.4 Å². The first kappa shape index (κ1) is 23.8. The van der Waals surface area contributed by atoms with E-state index < -0.39 is 0 Å². The molecule has 7 heteroatoms. The van der Waals surface area contributed by atoms with Gasteiger partial charge in [0.1, 0.15) is 0 Å². The van der Waals surface area contributed by atoms with Gasteiger partial charge in [0.05, 0.1) is 16.1 Å². The van der Waals surface area contributed by atoms with Gasteiger partial charge in [-0.3, -0.25) is 14.5 Å². The third-order valence-electron chi connectivity index (χ3n) is 6.28. The van der Waals surface area contributed by atoms with Gasteiger partial charge in [-0.15, -0.1) is 11.3 Å². The van der Waals surface area contributed by atoms with E-state index in [2.05, 4.69) is 50.8 Å². The molecule has 4 aromatic rings. The lowest BCUT2D eigenvalue weighted by Crippen LogP contribution is -2.45. The molecule has 0 spiro atoms. The maximum absolute atomic E-state index is 13.0. The van der Waals surface area contributed by atoms with E-state index in [4.69, 9.17) is 0 Å². The first-order valence-corrected chi connectivity index (χ1v) is 12.9. The molecule has 1 aliphatic rings. The lowest BCUT2D eigenvalue weighted by Gasteiger charge is -2.36. The van der Waals surface area contributed by atoms with Crippen LogP contribution in [0.4, 0.5) is 17.1 Å². The average molecular weight is 497 g/mol. The van der Waals surface area contributed by atoms with Crippen LogP contribution < -0.4 is 15.5 Å². The zero-order valence-corrected chi connectivity index (χ0v) is 20.7. The highest BCUT2D eigenvalue weighted by atomic mass is 32.1. The fourth-order valence-electron chi connectivity index (χ4n) is 4.34. The molecule has 2 amide bonds. The molecule has 36 heavy (non-hydrogen) atoms. The van der Waals surface area contributed by atoms with E-state index in [1.807, 2.05) is 35.7 Å². The fourth-order valence-corrected chi connectivity index (χ4v) is 4.96. The van der Waals surface area contributed by atoms with Crippen molar-refractivity contribution in [2.45, 2.75) is 6.54 Å². The molecule has 1 aromatic heterocycles. The molecule has 2 heterocycles. The number of hydrogen-bond donors (Lipinski definition) is 2. The molecular weight excluding hydrogens is 468 g/mol. The first-order chi connectivity index (χ1) is 17.7. The van der Waals surface area contributed by atoms with Gasteiger partial charge in [-0.25, -0.2) is 0 Å². The summed E-state index contributed by atoms with van der Waals surface area (Å²) in [6, 6.07) is 29.2. The van der Waals surface area contributed by atoms with Crippen LogP contribution in [0.25, 0.3) is 0 Å². The number of amides is 2. The second kappa shape index (κ2) is 11.2. The lowest BCUT2D eigenvalue weighted by atomic mass is 10.1. The number of carbonyl (C=O) groups is 2. The Labute approximate surface area is 215 Å². The maximum Gasteiger partial charge on any atom is 0.265 e. The maximum atomic E-state index is 13.0. The summed E-state index contributed by atoms with van der Waals surface area (Å²) in [7, 11) is 0. The Morgan fingerprint density at radius 3 is 2.17 bits per heavy atom. The fraction of sp³-hybridized carbons (Fsp3) is 0.172. The van der Waals surface area contributed by atoms with Crippen LogP contribution in [0.3, 0.4) is 0 Å². The van der Waals surface area contributed by atoms with E-state index in [1.54, 1.807) is 30.3 Å². The SMILES string of the molecule is O=C(Nc1ccccc1C(=O)Nc1ccc(N2CCN(Cc3ccccc3)CC2)cc1)c1cccs1. The van der Waals surface area contributed by atoms with Gasteiger partial charge in [0.15, 0.2) is 0 Å². The van der Waals surface area contributed by atoms with Gasteiger partial charge in [-0.1, -0.05) is 48.5 Å². The molecule has 1 saturated heterocycles. The van der Waals surface area contributed by atoms with Crippen molar-refractivity contribution in [1.29, 1.82) is 0 Å². The quantitative estimate of drug-likeness (QED) is 0.351. The zero-order chi connectivity index (χ0) is 24.7. The highest BCUT2D eigenvalue weighted by Crippen LogP contribution is 2.23. The number of benzene rings is 3. The molecule has 2 N–H and O–H groups in total. The molecule has 0 atom stereocenters. The molecule has 1 aliphatic heterocycles. The predicted molar refractivity (Wildman–Crippen MR) is 147 cm³/mol. The molecule has 0 aliphatic carbocycles.